The largest absolute Gasteiger partial charge is 0.336 e. The summed E-state index contributed by atoms with van der Waals surface area (Å²) < 4.78 is 24.0. The quantitative estimate of drug-likeness (QED) is 0.592. The topological polar surface area (TPSA) is 101 Å². The maximum Gasteiger partial charge on any atom is 0.324 e. The first-order valence-electron chi connectivity index (χ1n) is 5.76. The number of hydrogen-bond donors (Lipinski definition) is 0. The molecule has 0 saturated carbocycles. The smallest absolute Gasteiger partial charge is 0.324 e. The molecule has 0 aromatic carbocycles. The van der Waals surface area contributed by atoms with Gasteiger partial charge in [0.15, 0.2) is 0 Å². The van der Waals surface area contributed by atoms with Crippen molar-refractivity contribution in [3.63, 3.8) is 0 Å². The Morgan fingerprint density at radius 3 is 2.40 bits per heavy atom. The van der Waals surface area contributed by atoms with Crippen LogP contribution in [-0.4, -0.2) is 60.9 Å². The number of carbonyl (C=O) groups excluding carboxylic acids is 1. The second kappa shape index (κ2) is 5.46. The lowest BCUT2D eigenvalue weighted by Gasteiger charge is -2.33. The summed E-state index contributed by atoms with van der Waals surface area (Å²) in [5.74, 6) is -0.303. The maximum atomic E-state index is 12.1. The molecule has 2 rings (SSSR count). The van der Waals surface area contributed by atoms with Gasteiger partial charge >= 0.3 is 5.00 Å². The van der Waals surface area contributed by atoms with E-state index < -0.39 is 14.9 Å². The SMILES string of the molecule is CS(=O)(=O)N1CCN(C(=O)c2csc([N+](=O)[O-])c2)CC1. The molecule has 0 N–H and O–H groups in total. The average Bonchev–Trinajstić information content (AvgIpc) is 2.86. The van der Waals surface area contributed by atoms with Gasteiger partial charge in [-0.2, -0.15) is 4.31 Å². The molecule has 0 aliphatic carbocycles. The summed E-state index contributed by atoms with van der Waals surface area (Å²) in [4.78, 5) is 23.7. The van der Waals surface area contributed by atoms with Crippen molar-refractivity contribution in [2.45, 2.75) is 0 Å². The normalized spacial score (nSPS) is 17.1. The van der Waals surface area contributed by atoms with E-state index in [2.05, 4.69) is 0 Å². The molecular weight excluding hydrogens is 306 g/mol. The molecule has 1 aliphatic heterocycles. The van der Waals surface area contributed by atoms with Gasteiger partial charge in [0.05, 0.1) is 16.7 Å². The highest BCUT2D eigenvalue weighted by Gasteiger charge is 2.27. The number of nitrogens with zero attached hydrogens (tertiary/aromatic N) is 3. The Hall–Kier alpha value is -1.52. The second-order valence-electron chi connectivity index (χ2n) is 4.38. The second-order valence-corrected chi connectivity index (χ2v) is 7.26. The van der Waals surface area contributed by atoms with Crippen molar-refractivity contribution in [1.29, 1.82) is 0 Å². The van der Waals surface area contributed by atoms with Crippen LogP contribution in [0.25, 0.3) is 0 Å². The van der Waals surface area contributed by atoms with Crippen molar-refractivity contribution in [2.24, 2.45) is 0 Å². The van der Waals surface area contributed by atoms with Crippen LogP contribution in [0.4, 0.5) is 5.00 Å². The molecule has 2 heterocycles. The highest BCUT2D eigenvalue weighted by Crippen LogP contribution is 2.24. The van der Waals surface area contributed by atoms with Crippen LogP contribution in [0.3, 0.4) is 0 Å². The minimum absolute atomic E-state index is 0.0804. The maximum absolute atomic E-state index is 12.1. The standard InChI is InChI=1S/C10H13N3O5S2/c1-20(17,18)12-4-2-11(3-5-12)10(14)8-6-9(13(15)16)19-7-8/h6-7H,2-5H2,1H3. The van der Waals surface area contributed by atoms with Gasteiger partial charge in [0, 0.05) is 37.6 Å². The number of thiophene rings is 1. The molecule has 0 atom stereocenters. The first-order chi connectivity index (χ1) is 9.29. The van der Waals surface area contributed by atoms with Gasteiger partial charge < -0.3 is 4.90 Å². The molecule has 1 aliphatic rings. The van der Waals surface area contributed by atoms with E-state index in [0.29, 0.717) is 0 Å². The molecule has 8 nitrogen and oxygen atoms in total. The Labute approximate surface area is 119 Å². The fraction of sp³-hybridized carbons (Fsp3) is 0.500. The number of amides is 1. The van der Waals surface area contributed by atoms with Crippen molar-refractivity contribution in [3.8, 4) is 0 Å². The molecule has 1 amide bonds. The van der Waals surface area contributed by atoms with Crippen LogP contribution < -0.4 is 0 Å². The summed E-state index contributed by atoms with van der Waals surface area (Å²) in [7, 11) is -3.24. The summed E-state index contributed by atoms with van der Waals surface area (Å²) in [5, 5.41) is 12.0. The Morgan fingerprint density at radius 2 is 1.95 bits per heavy atom. The highest BCUT2D eigenvalue weighted by atomic mass is 32.2. The molecule has 20 heavy (non-hydrogen) atoms. The van der Waals surface area contributed by atoms with E-state index in [9.17, 15) is 23.3 Å². The fourth-order valence-electron chi connectivity index (χ4n) is 1.94. The first-order valence-corrected chi connectivity index (χ1v) is 8.49. The van der Waals surface area contributed by atoms with E-state index in [-0.39, 0.29) is 42.7 Å². The first kappa shape index (κ1) is 14.9. The van der Waals surface area contributed by atoms with Gasteiger partial charge in [0.2, 0.25) is 10.0 Å². The van der Waals surface area contributed by atoms with Crippen molar-refractivity contribution in [2.75, 3.05) is 32.4 Å². The molecule has 0 radical (unpaired) electrons. The van der Waals surface area contributed by atoms with Crippen LogP contribution in [-0.2, 0) is 10.0 Å². The van der Waals surface area contributed by atoms with E-state index in [1.807, 2.05) is 0 Å². The van der Waals surface area contributed by atoms with Crippen LogP contribution >= 0.6 is 11.3 Å². The lowest BCUT2D eigenvalue weighted by atomic mass is 10.2. The summed E-state index contributed by atoms with van der Waals surface area (Å²) in [5.41, 5.74) is 0.273. The number of nitro groups is 1. The highest BCUT2D eigenvalue weighted by molar-refractivity contribution is 7.88. The van der Waals surface area contributed by atoms with Crippen LogP contribution in [0, 0.1) is 10.1 Å². The minimum Gasteiger partial charge on any atom is -0.336 e. The van der Waals surface area contributed by atoms with Crippen molar-refractivity contribution in [1.82, 2.24) is 9.21 Å². The van der Waals surface area contributed by atoms with E-state index in [1.54, 1.807) is 0 Å². The van der Waals surface area contributed by atoms with Gasteiger partial charge in [-0.1, -0.05) is 11.3 Å². The van der Waals surface area contributed by atoms with Gasteiger partial charge in [-0.25, -0.2) is 8.42 Å². The number of piperazine rings is 1. The number of sulfonamides is 1. The molecule has 0 unspecified atom stereocenters. The lowest BCUT2D eigenvalue weighted by molar-refractivity contribution is -0.380. The Bertz CT molecular complexity index is 631. The third-order valence-electron chi connectivity index (χ3n) is 3.01. The monoisotopic (exact) mass is 319 g/mol. The zero-order valence-corrected chi connectivity index (χ0v) is 12.3. The number of hydrogen-bond acceptors (Lipinski definition) is 6. The molecule has 0 spiro atoms. The van der Waals surface area contributed by atoms with Gasteiger partial charge in [-0.15, -0.1) is 0 Å². The van der Waals surface area contributed by atoms with Crippen LogP contribution in [0.5, 0.6) is 0 Å². The predicted octanol–water partition coefficient (Wildman–Crippen LogP) is 0.374. The summed E-state index contributed by atoms with van der Waals surface area (Å²) >= 11 is 0.902. The summed E-state index contributed by atoms with van der Waals surface area (Å²) in [6.45, 7) is 1.07. The molecule has 0 bridgehead atoms. The van der Waals surface area contributed by atoms with Gasteiger partial charge in [0.25, 0.3) is 5.91 Å². The van der Waals surface area contributed by atoms with Crippen molar-refractivity contribution < 1.29 is 18.1 Å². The fourth-order valence-corrected chi connectivity index (χ4v) is 3.46. The molecule has 1 saturated heterocycles. The lowest BCUT2D eigenvalue weighted by Crippen LogP contribution is -2.50. The number of rotatable bonds is 3. The van der Waals surface area contributed by atoms with Gasteiger partial charge in [-0.3, -0.25) is 14.9 Å². The van der Waals surface area contributed by atoms with Crippen LogP contribution in [0.1, 0.15) is 10.4 Å². The molecule has 1 aromatic rings. The third kappa shape index (κ3) is 3.14. The van der Waals surface area contributed by atoms with E-state index in [1.165, 1.54) is 20.7 Å². The van der Waals surface area contributed by atoms with Crippen LogP contribution in [0.2, 0.25) is 0 Å². The molecule has 10 heteroatoms. The molecule has 1 aromatic heterocycles. The van der Waals surface area contributed by atoms with E-state index >= 15 is 0 Å². The molecule has 1 fully saturated rings. The molecular formula is C10H13N3O5S2. The summed E-state index contributed by atoms with van der Waals surface area (Å²) in [6, 6.07) is 1.25. The molecule has 110 valence electrons. The predicted molar refractivity (Wildman–Crippen MR) is 73.3 cm³/mol. The zero-order valence-electron chi connectivity index (χ0n) is 10.7. The van der Waals surface area contributed by atoms with Crippen LogP contribution in [0.15, 0.2) is 11.4 Å². The third-order valence-corrected chi connectivity index (χ3v) is 5.19. The summed E-state index contributed by atoms with van der Waals surface area (Å²) in [6.07, 6.45) is 1.13. The zero-order chi connectivity index (χ0) is 14.9. The Kier molecular flexibility index (Phi) is 4.06. The van der Waals surface area contributed by atoms with Crippen molar-refractivity contribution in [3.05, 3.63) is 27.1 Å². The van der Waals surface area contributed by atoms with Gasteiger partial charge in [-0.05, 0) is 0 Å². The Balaban J connectivity index is 2.03. The average molecular weight is 319 g/mol. The van der Waals surface area contributed by atoms with E-state index in [4.69, 9.17) is 0 Å². The Morgan fingerprint density at radius 1 is 1.35 bits per heavy atom. The van der Waals surface area contributed by atoms with Crippen molar-refractivity contribution >= 4 is 32.3 Å². The van der Waals surface area contributed by atoms with E-state index in [0.717, 1.165) is 17.6 Å². The van der Waals surface area contributed by atoms with Gasteiger partial charge in [0.1, 0.15) is 0 Å². The minimum atomic E-state index is -3.24. The number of carbonyl (C=O) groups is 1.